The molecular formula is C25H18N4O3. The molecule has 0 atom stereocenters. The monoisotopic (exact) mass is 422 g/mol. The van der Waals surface area contributed by atoms with Gasteiger partial charge in [-0.15, -0.1) is 0 Å². The second kappa shape index (κ2) is 7.70. The molecule has 7 heteroatoms. The minimum absolute atomic E-state index is 0.0888. The maximum Gasteiger partial charge on any atom is 0.336 e. The molecule has 0 fully saturated rings. The molecule has 0 saturated carbocycles. The summed E-state index contributed by atoms with van der Waals surface area (Å²) >= 11 is 0. The van der Waals surface area contributed by atoms with Crippen LogP contribution in [0.3, 0.4) is 0 Å². The topological polar surface area (TPSA) is 97.5 Å². The van der Waals surface area contributed by atoms with Gasteiger partial charge < -0.3 is 5.11 Å². The van der Waals surface area contributed by atoms with Gasteiger partial charge >= 0.3 is 5.97 Å². The molecule has 3 aromatic carbocycles. The summed E-state index contributed by atoms with van der Waals surface area (Å²) < 4.78 is 1.47. The number of nitrogens with zero attached hydrogens (tertiary/aromatic N) is 4. The lowest BCUT2D eigenvalue weighted by atomic mass is 10.1. The lowest BCUT2D eigenvalue weighted by Gasteiger charge is -2.13. The molecule has 1 N–H and O–H groups in total. The van der Waals surface area contributed by atoms with Crippen LogP contribution in [0.4, 0.5) is 0 Å². The summed E-state index contributed by atoms with van der Waals surface area (Å²) in [5, 5.41) is 15.0. The van der Waals surface area contributed by atoms with E-state index in [1.165, 1.54) is 10.6 Å². The standard InChI is InChI=1S/C25H18N4O3/c1-2-15-11-13-16(14-12-15)21-24(30)27-23-19-9-5-6-10-20(19)26-22(29(23)28-21)17-7-3-4-8-18(17)25(31)32/h3-14H,2H2,1H3,(H,31,32). The number of aryl methyl sites for hydroxylation is 1. The number of rotatable bonds is 4. The van der Waals surface area contributed by atoms with Crippen LogP contribution in [0, 0.1) is 0 Å². The molecule has 0 aliphatic rings. The van der Waals surface area contributed by atoms with E-state index in [-0.39, 0.29) is 11.3 Å². The highest BCUT2D eigenvalue weighted by Gasteiger charge is 2.19. The van der Waals surface area contributed by atoms with Crippen LogP contribution in [-0.2, 0) is 6.42 Å². The quantitative estimate of drug-likeness (QED) is 0.435. The van der Waals surface area contributed by atoms with E-state index < -0.39 is 11.5 Å². The third kappa shape index (κ3) is 3.20. The first-order valence-corrected chi connectivity index (χ1v) is 10.2. The molecule has 0 unspecified atom stereocenters. The van der Waals surface area contributed by atoms with Crippen molar-refractivity contribution in [1.82, 2.24) is 19.6 Å². The Morgan fingerprint density at radius 1 is 0.938 bits per heavy atom. The highest BCUT2D eigenvalue weighted by molar-refractivity contribution is 5.97. The fraction of sp³-hybridized carbons (Fsp3) is 0.0800. The van der Waals surface area contributed by atoms with Crippen LogP contribution in [0.1, 0.15) is 22.8 Å². The van der Waals surface area contributed by atoms with Crippen molar-refractivity contribution in [3.63, 3.8) is 0 Å². The third-order valence-corrected chi connectivity index (χ3v) is 5.42. The van der Waals surface area contributed by atoms with Gasteiger partial charge in [-0.3, -0.25) is 4.79 Å². The maximum absolute atomic E-state index is 13.0. The molecule has 0 amide bonds. The molecule has 156 valence electrons. The predicted octanol–water partition coefficient (Wildman–Crippen LogP) is 4.23. The molecule has 0 radical (unpaired) electrons. The van der Waals surface area contributed by atoms with Crippen LogP contribution in [0.25, 0.3) is 39.2 Å². The zero-order valence-electron chi connectivity index (χ0n) is 17.2. The van der Waals surface area contributed by atoms with Gasteiger partial charge in [-0.2, -0.15) is 14.6 Å². The van der Waals surface area contributed by atoms with Crippen molar-refractivity contribution in [3.8, 4) is 22.6 Å². The Kier molecular flexibility index (Phi) is 4.71. The van der Waals surface area contributed by atoms with E-state index in [9.17, 15) is 14.7 Å². The normalized spacial score (nSPS) is 11.2. The molecule has 2 heterocycles. The molecule has 5 aromatic rings. The molecule has 32 heavy (non-hydrogen) atoms. The summed E-state index contributed by atoms with van der Waals surface area (Å²) in [7, 11) is 0. The second-order valence-electron chi connectivity index (χ2n) is 7.35. The highest BCUT2D eigenvalue weighted by atomic mass is 16.4. The van der Waals surface area contributed by atoms with Crippen LogP contribution in [-0.4, -0.2) is 30.7 Å². The van der Waals surface area contributed by atoms with Crippen LogP contribution in [0.15, 0.2) is 77.6 Å². The molecule has 0 spiro atoms. The first kappa shape index (κ1) is 19.6. The number of hydrogen-bond acceptors (Lipinski definition) is 5. The fourth-order valence-corrected chi connectivity index (χ4v) is 3.75. The first-order chi connectivity index (χ1) is 15.6. The van der Waals surface area contributed by atoms with Crippen molar-refractivity contribution in [2.45, 2.75) is 13.3 Å². The maximum atomic E-state index is 13.0. The number of aromatic nitrogens is 4. The third-order valence-electron chi connectivity index (χ3n) is 5.42. The Hall–Kier alpha value is -4.39. The van der Waals surface area contributed by atoms with E-state index in [2.05, 4.69) is 17.0 Å². The lowest BCUT2D eigenvalue weighted by Crippen LogP contribution is -2.18. The van der Waals surface area contributed by atoms with Crippen LogP contribution in [0.2, 0.25) is 0 Å². The molecule has 0 aliphatic carbocycles. The van der Waals surface area contributed by atoms with Crippen molar-refractivity contribution >= 4 is 22.5 Å². The van der Waals surface area contributed by atoms with Crippen molar-refractivity contribution < 1.29 is 9.90 Å². The Morgan fingerprint density at radius 2 is 1.66 bits per heavy atom. The second-order valence-corrected chi connectivity index (χ2v) is 7.35. The summed E-state index contributed by atoms with van der Waals surface area (Å²) in [6.45, 7) is 2.06. The van der Waals surface area contributed by atoms with Crippen molar-refractivity contribution in [3.05, 3.63) is 94.3 Å². The summed E-state index contributed by atoms with van der Waals surface area (Å²) in [4.78, 5) is 33.9. The van der Waals surface area contributed by atoms with Crippen molar-refractivity contribution in [2.24, 2.45) is 0 Å². The Labute approximate surface area is 182 Å². The van der Waals surface area contributed by atoms with Gasteiger partial charge in [-0.05, 0) is 30.2 Å². The average Bonchev–Trinajstić information content (AvgIpc) is 2.83. The predicted molar refractivity (Wildman–Crippen MR) is 122 cm³/mol. The molecule has 2 aromatic heterocycles. The number of hydrogen-bond donors (Lipinski definition) is 1. The summed E-state index contributed by atoms with van der Waals surface area (Å²) in [6.07, 6.45) is 0.884. The number of benzene rings is 3. The van der Waals surface area contributed by atoms with Gasteiger partial charge in [0.2, 0.25) is 0 Å². The SMILES string of the molecule is CCc1ccc(-c2nn3c(-c4ccccc4C(=O)O)nc4ccccc4c3nc2=O)cc1. The molecule has 0 bridgehead atoms. The lowest BCUT2D eigenvalue weighted by molar-refractivity contribution is 0.0697. The van der Waals surface area contributed by atoms with Gasteiger partial charge in [-0.25, -0.2) is 9.78 Å². The zero-order valence-corrected chi connectivity index (χ0v) is 17.2. The summed E-state index contributed by atoms with van der Waals surface area (Å²) in [6, 6.07) is 21.4. The Balaban J connectivity index is 1.88. The van der Waals surface area contributed by atoms with E-state index >= 15 is 0 Å². The van der Waals surface area contributed by atoms with Gasteiger partial charge in [0.05, 0.1) is 11.1 Å². The number of aromatic carboxylic acids is 1. The summed E-state index contributed by atoms with van der Waals surface area (Å²) in [5.41, 5.74) is 2.90. The average molecular weight is 422 g/mol. The zero-order chi connectivity index (χ0) is 22.2. The van der Waals surface area contributed by atoms with E-state index in [0.29, 0.717) is 33.5 Å². The smallest absolute Gasteiger partial charge is 0.336 e. The highest BCUT2D eigenvalue weighted by Crippen LogP contribution is 2.27. The number of carboxylic acid groups (broad SMARTS) is 1. The van der Waals surface area contributed by atoms with Gasteiger partial charge in [0.25, 0.3) is 5.56 Å². The van der Waals surface area contributed by atoms with Crippen LogP contribution < -0.4 is 5.56 Å². The Bertz CT molecular complexity index is 1560. The van der Waals surface area contributed by atoms with Gasteiger partial charge in [0.1, 0.15) is 0 Å². The van der Waals surface area contributed by atoms with Crippen LogP contribution in [0.5, 0.6) is 0 Å². The van der Waals surface area contributed by atoms with E-state index in [1.54, 1.807) is 24.3 Å². The largest absolute Gasteiger partial charge is 0.478 e. The molecule has 7 nitrogen and oxygen atoms in total. The molecule has 5 rings (SSSR count). The minimum atomic E-state index is -1.08. The fourth-order valence-electron chi connectivity index (χ4n) is 3.75. The minimum Gasteiger partial charge on any atom is -0.478 e. The van der Waals surface area contributed by atoms with Gasteiger partial charge in [0, 0.05) is 16.5 Å². The van der Waals surface area contributed by atoms with Crippen LogP contribution >= 0.6 is 0 Å². The number of para-hydroxylation sites is 1. The number of fused-ring (bicyclic) bond motifs is 3. The molecule has 0 saturated heterocycles. The van der Waals surface area contributed by atoms with E-state index in [0.717, 1.165) is 12.0 Å². The van der Waals surface area contributed by atoms with Gasteiger partial charge in [-0.1, -0.05) is 61.5 Å². The molecular weight excluding hydrogens is 404 g/mol. The Morgan fingerprint density at radius 3 is 2.41 bits per heavy atom. The number of carboxylic acids is 1. The first-order valence-electron chi connectivity index (χ1n) is 10.2. The van der Waals surface area contributed by atoms with Crippen molar-refractivity contribution in [1.29, 1.82) is 0 Å². The summed E-state index contributed by atoms with van der Waals surface area (Å²) in [5.74, 6) is -0.774. The molecule has 0 aliphatic heterocycles. The number of carbonyl (C=O) groups is 1. The van der Waals surface area contributed by atoms with E-state index in [1.807, 2.05) is 42.5 Å². The van der Waals surface area contributed by atoms with Crippen molar-refractivity contribution in [2.75, 3.05) is 0 Å². The van der Waals surface area contributed by atoms with Gasteiger partial charge in [0.15, 0.2) is 17.2 Å². The van der Waals surface area contributed by atoms with E-state index in [4.69, 9.17) is 4.98 Å².